The molecule has 1 unspecified atom stereocenters. The summed E-state index contributed by atoms with van der Waals surface area (Å²) in [7, 11) is 0. The standard InChI is InChI=1S/C29H40N8O6S2/c1-14(2)10-17-29(43)37-9-5-6-20(37)26(41)31-11-22-32-18(12-44-22)24(39)33-16(7-8-21(30)38)28-35-19(13-45-28)25(40)36-23(15(3)4)27(42)34-17/h12-17,20,23H,5-11H2,1-4H3,(H2,30,38)(H,31,41)(H,33,39)(H,34,42)(H,36,40)/t16?,17-,20-,23-/m0/s1. The Morgan fingerprint density at radius 1 is 0.956 bits per heavy atom. The second-order valence-corrected chi connectivity index (χ2v) is 13.9. The van der Waals surface area contributed by atoms with Crippen molar-refractivity contribution in [2.24, 2.45) is 17.6 Å². The molecule has 45 heavy (non-hydrogen) atoms. The van der Waals surface area contributed by atoms with Gasteiger partial charge in [0, 0.05) is 23.7 Å². The van der Waals surface area contributed by atoms with E-state index in [4.69, 9.17) is 5.73 Å². The highest BCUT2D eigenvalue weighted by atomic mass is 32.1. The quantitative estimate of drug-likeness (QED) is 0.304. The monoisotopic (exact) mass is 660 g/mol. The van der Waals surface area contributed by atoms with Gasteiger partial charge in [-0.25, -0.2) is 9.97 Å². The lowest BCUT2D eigenvalue weighted by atomic mass is 9.99. The summed E-state index contributed by atoms with van der Waals surface area (Å²) >= 11 is 2.31. The topological polar surface area (TPSA) is 206 Å². The highest BCUT2D eigenvalue weighted by Gasteiger charge is 2.39. The van der Waals surface area contributed by atoms with Crippen LogP contribution < -0.4 is 27.0 Å². The number of carbonyl (C=O) groups is 6. The fourth-order valence-corrected chi connectivity index (χ4v) is 6.91. The van der Waals surface area contributed by atoms with Crippen LogP contribution in [0.1, 0.15) is 96.8 Å². The number of hydrogen-bond donors (Lipinski definition) is 5. The number of amides is 6. The number of thiazole rings is 2. The number of nitrogens with one attached hydrogen (secondary N) is 4. The van der Waals surface area contributed by atoms with Crippen molar-refractivity contribution in [2.45, 2.75) is 90.5 Å². The Kier molecular flexibility index (Phi) is 11.3. The molecule has 2 aliphatic rings. The Labute approximate surface area is 269 Å². The Balaban J connectivity index is 1.69. The first kappa shape index (κ1) is 34.0. The molecule has 0 spiro atoms. The van der Waals surface area contributed by atoms with E-state index in [9.17, 15) is 28.8 Å². The number of aromatic nitrogens is 2. The van der Waals surface area contributed by atoms with Gasteiger partial charge in [0.25, 0.3) is 11.8 Å². The molecule has 4 heterocycles. The van der Waals surface area contributed by atoms with E-state index in [1.165, 1.54) is 21.6 Å². The number of nitrogens with zero attached hydrogens (tertiary/aromatic N) is 3. The Morgan fingerprint density at radius 3 is 2.33 bits per heavy atom. The first-order valence-corrected chi connectivity index (χ1v) is 16.8. The lowest BCUT2D eigenvalue weighted by molar-refractivity contribution is -0.142. The number of hydrogen-bond acceptors (Lipinski definition) is 10. The Hall–Kier alpha value is -3.92. The van der Waals surface area contributed by atoms with Crippen LogP contribution in [0.25, 0.3) is 0 Å². The van der Waals surface area contributed by atoms with Crippen LogP contribution in [0, 0.1) is 11.8 Å². The van der Waals surface area contributed by atoms with Gasteiger partial charge in [0.1, 0.15) is 39.5 Å². The number of rotatable bonds is 6. The summed E-state index contributed by atoms with van der Waals surface area (Å²) in [6.45, 7) is 7.86. The van der Waals surface area contributed by atoms with Crippen molar-refractivity contribution in [3.05, 3.63) is 32.2 Å². The van der Waals surface area contributed by atoms with Crippen LogP contribution in [0.3, 0.4) is 0 Å². The molecule has 0 aliphatic carbocycles. The van der Waals surface area contributed by atoms with Crippen molar-refractivity contribution < 1.29 is 28.8 Å². The average molecular weight is 661 g/mol. The minimum atomic E-state index is -0.985. The van der Waals surface area contributed by atoms with Crippen molar-refractivity contribution in [3.8, 4) is 0 Å². The lowest BCUT2D eigenvalue weighted by Crippen LogP contribution is -2.57. The first-order valence-electron chi connectivity index (χ1n) is 15.0. The molecule has 2 aliphatic heterocycles. The summed E-state index contributed by atoms with van der Waals surface area (Å²) in [6, 6.07) is -3.34. The van der Waals surface area contributed by atoms with Gasteiger partial charge < -0.3 is 31.9 Å². The molecular formula is C29H40N8O6S2. The summed E-state index contributed by atoms with van der Waals surface area (Å²) in [4.78, 5) is 88.9. The molecule has 6 amide bonds. The number of primary amides is 1. The van der Waals surface area contributed by atoms with Gasteiger partial charge in [-0.1, -0.05) is 27.7 Å². The van der Waals surface area contributed by atoms with E-state index in [1.54, 1.807) is 19.2 Å². The van der Waals surface area contributed by atoms with Crippen molar-refractivity contribution in [3.63, 3.8) is 0 Å². The van der Waals surface area contributed by atoms with Crippen molar-refractivity contribution >= 4 is 58.1 Å². The zero-order chi connectivity index (χ0) is 32.8. The molecule has 2 aromatic rings. The zero-order valence-electron chi connectivity index (χ0n) is 25.8. The smallest absolute Gasteiger partial charge is 0.271 e. The number of nitrogens with two attached hydrogens (primary N) is 1. The van der Waals surface area contributed by atoms with Crippen molar-refractivity contribution in [1.29, 1.82) is 0 Å². The maximum absolute atomic E-state index is 13.8. The molecular weight excluding hydrogens is 621 g/mol. The molecule has 2 aromatic heterocycles. The summed E-state index contributed by atoms with van der Waals surface area (Å²) in [5, 5.41) is 15.2. The van der Waals surface area contributed by atoms with Gasteiger partial charge in [-0.05, 0) is 37.5 Å². The van der Waals surface area contributed by atoms with Crippen LogP contribution in [-0.4, -0.2) is 75.0 Å². The molecule has 0 radical (unpaired) electrons. The molecule has 4 rings (SSSR count). The van der Waals surface area contributed by atoms with Gasteiger partial charge in [0.15, 0.2) is 0 Å². The minimum Gasteiger partial charge on any atom is -0.370 e. The minimum absolute atomic E-state index is 0.0351. The maximum Gasteiger partial charge on any atom is 0.271 e. The molecule has 244 valence electrons. The molecule has 4 bridgehead atoms. The van der Waals surface area contributed by atoms with Crippen LogP contribution in [0.4, 0.5) is 0 Å². The largest absolute Gasteiger partial charge is 0.370 e. The summed E-state index contributed by atoms with van der Waals surface area (Å²) in [5.74, 6) is -3.19. The van der Waals surface area contributed by atoms with Crippen LogP contribution in [0.5, 0.6) is 0 Å². The van der Waals surface area contributed by atoms with Crippen molar-refractivity contribution in [1.82, 2.24) is 36.1 Å². The molecule has 0 aromatic carbocycles. The second kappa shape index (κ2) is 14.9. The molecule has 0 saturated carbocycles. The predicted molar refractivity (Wildman–Crippen MR) is 167 cm³/mol. The van der Waals surface area contributed by atoms with E-state index in [0.717, 1.165) is 11.3 Å². The van der Waals surface area contributed by atoms with Gasteiger partial charge in [-0.3, -0.25) is 28.8 Å². The van der Waals surface area contributed by atoms with Crippen LogP contribution in [0.2, 0.25) is 0 Å². The highest BCUT2D eigenvalue weighted by Crippen LogP contribution is 2.25. The molecule has 6 N–H and O–H groups in total. The summed E-state index contributed by atoms with van der Waals surface area (Å²) < 4.78 is 0. The SMILES string of the molecule is CC(C)C[C@@H]1NC(=O)[C@H](C(C)C)NC(=O)c2csc(n2)C(CCC(N)=O)NC(=O)c2csc(n2)CNC(=O)[C@@H]2CCCN2C1=O. The maximum atomic E-state index is 13.8. The fourth-order valence-electron chi connectivity index (χ4n) is 5.31. The lowest BCUT2D eigenvalue weighted by Gasteiger charge is -2.31. The fraction of sp³-hybridized carbons (Fsp3) is 0.586. The van der Waals surface area contributed by atoms with E-state index in [2.05, 4.69) is 31.2 Å². The van der Waals surface area contributed by atoms with E-state index < -0.39 is 47.8 Å². The normalized spacial score (nSPS) is 23.6. The third kappa shape index (κ3) is 8.63. The van der Waals surface area contributed by atoms with Gasteiger partial charge >= 0.3 is 0 Å². The van der Waals surface area contributed by atoms with E-state index in [0.29, 0.717) is 35.8 Å². The Morgan fingerprint density at radius 2 is 1.64 bits per heavy atom. The third-order valence-corrected chi connectivity index (χ3v) is 9.44. The van der Waals surface area contributed by atoms with Crippen LogP contribution in [0.15, 0.2) is 10.8 Å². The van der Waals surface area contributed by atoms with Crippen molar-refractivity contribution in [2.75, 3.05) is 6.54 Å². The molecule has 16 heteroatoms. The second-order valence-electron chi connectivity index (χ2n) is 12.0. The Bertz CT molecular complexity index is 1440. The highest BCUT2D eigenvalue weighted by molar-refractivity contribution is 7.10. The van der Waals surface area contributed by atoms with Gasteiger partial charge in [0.2, 0.25) is 23.6 Å². The van der Waals surface area contributed by atoms with Gasteiger partial charge in [-0.2, -0.15) is 0 Å². The van der Waals surface area contributed by atoms with E-state index in [1.807, 2.05) is 13.8 Å². The third-order valence-electron chi connectivity index (χ3n) is 7.63. The summed E-state index contributed by atoms with van der Waals surface area (Å²) in [5.41, 5.74) is 5.52. The van der Waals surface area contributed by atoms with Gasteiger partial charge in [0.05, 0.1) is 12.6 Å². The molecule has 1 saturated heterocycles. The molecule has 14 nitrogen and oxygen atoms in total. The summed E-state index contributed by atoms with van der Waals surface area (Å²) in [6.07, 6.45) is 1.55. The molecule has 4 atom stereocenters. The number of carbonyl (C=O) groups excluding carboxylic acids is 6. The zero-order valence-corrected chi connectivity index (χ0v) is 27.4. The first-order chi connectivity index (χ1) is 21.3. The van der Waals surface area contributed by atoms with Gasteiger partial charge in [-0.15, -0.1) is 22.7 Å². The average Bonchev–Trinajstić information content (AvgIpc) is 3.76. The van der Waals surface area contributed by atoms with E-state index in [-0.39, 0.29) is 54.4 Å². The molecule has 1 fully saturated rings. The van der Waals surface area contributed by atoms with Crippen LogP contribution >= 0.6 is 22.7 Å². The van der Waals surface area contributed by atoms with Crippen LogP contribution in [-0.2, 0) is 25.7 Å². The number of fused-ring (bicyclic) bond motifs is 5. The van der Waals surface area contributed by atoms with E-state index >= 15 is 0 Å². The predicted octanol–water partition coefficient (Wildman–Crippen LogP) is 1.24.